The third-order valence-corrected chi connectivity index (χ3v) is 1.94. The number of nitrogens with zero attached hydrogens (tertiary/aromatic N) is 3. The highest BCUT2D eigenvalue weighted by molar-refractivity contribution is 4.86. The summed E-state index contributed by atoms with van der Waals surface area (Å²) in [6, 6.07) is -0.0649. The Morgan fingerprint density at radius 1 is 1.75 bits per heavy atom. The summed E-state index contributed by atoms with van der Waals surface area (Å²) < 4.78 is 10.4. The molecule has 0 aliphatic carbocycles. The van der Waals surface area contributed by atoms with Crippen LogP contribution in [0.15, 0.2) is 5.11 Å². The van der Waals surface area contributed by atoms with Crippen molar-refractivity contribution in [3.63, 3.8) is 0 Å². The number of hydrogen-bond donors (Lipinski definition) is 0. The third-order valence-electron chi connectivity index (χ3n) is 1.94. The number of azide groups is 1. The fourth-order valence-corrected chi connectivity index (χ4v) is 1.44. The smallest absolute Gasteiger partial charge is 0.0897 e. The molecule has 12 heavy (non-hydrogen) atoms. The molecule has 3 unspecified atom stereocenters. The molecule has 0 saturated carbocycles. The lowest BCUT2D eigenvalue weighted by molar-refractivity contribution is 0.00151. The summed E-state index contributed by atoms with van der Waals surface area (Å²) in [6.45, 7) is 2.46. The van der Waals surface area contributed by atoms with E-state index >= 15 is 0 Å². The topological polar surface area (TPSA) is 67.2 Å². The Morgan fingerprint density at radius 2 is 2.50 bits per heavy atom. The van der Waals surface area contributed by atoms with E-state index < -0.39 is 0 Å². The maximum Gasteiger partial charge on any atom is 0.0897 e. The molecule has 0 aromatic rings. The quantitative estimate of drug-likeness (QED) is 0.366. The zero-order valence-corrected chi connectivity index (χ0v) is 7.30. The molecule has 3 atom stereocenters. The largest absolute Gasteiger partial charge is 0.382 e. The monoisotopic (exact) mass is 171 g/mol. The van der Waals surface area contributed by atoms with Gasteiger partial charge < -0.3 is 9.47 Å². The van der Waals surface area contributed by atoms with Crippen LogP contribution in [0.3, 0.4) is 0 Å². The van der Waals surface area contributed by atoms with E-state index in [2.05, 4.69) is 10.0 Å². The van der Waals surface area contributed by atoms with Gasteiger partial charge in [-0.3, -0.25) is 0 Å². The van der Waals surface area contributed by atoms with Crippen LogP contribution in [0.4, 0.5) is 0 Å². The normalized spacial score (nSPS) is 34.7. The lowest BCUT2D eigenvalue weighted by Gasteiger charge is -2.12. The number of rotatable bonds is 3. The molecule has 0 radical (unpaired) electrons. The van der Waals surface area contributed by atoms with Crippen molar-refractivity contribution in [3.8, 4) is 0 Å². The molecule has 0 amide bonds. The molecule has 0 aromatic heterocycles. The predicted octanol–water partition coefficient (Wildman–Crippen LogP) is 1.49. The zero-order chi connectivity index (χ0) is 8.97. The summed E-state index contributed by atoms with van der Waals surface area (Å²) in [5, 5.41) is 3.65. The molecule has 1 aliphatic heterocycles. The van der Waals surface area contributed by atoms with E-state index in [-0.39, 0.29) is 18.2 Å². The number of ether oxygens (including phenoxy) is 2. The van der Waals surface area contributed by atoms with Crippen molar-refractivity contribution in [1.29, 1.82) is 0 Å². The molecule has 1 rings (SSSR count). The maximum atomic E-state index is 8.26. The van der Waals surface area contributed by atoms with Crippen LogP contribution in [0.2, 0.25) is 0 Å². The highest BCUT2D eigenvalue weighted by Crippen LogP contribution is 2.23. The number of hydrogen-bond acceptors (Lipinski definition) is 3. The van der Waals surface area contributed by atoms with E-state index in [0.29, 0.717) is 6.61 Å². The van der Waals surface area contributed by atoms with Crippen molar-refractivity contribution >= 4 is 0 Å². The fourth-order valence-electron chi connectivity index (χ4n) is 1.44. The molecule has 5 nitrogen and oxygen atoms in total. The summed E-state index contributed by atoms with van der Waals surface area (Å²) in [4.78, 5) is 2.77. The van der Waals surface area contributed by atoms with Gasteiger partial charge in [-0.25, -0.2) is 0 Å². The minimum Gasteiger partial charge on any atom is -0.382 e. The summed E-state index contributed by atoms with van der Waals surface area (Å²) in [5.41, 5.74) is 8.26. The molecule has 0 bridgehead atoms. The molecule has 1 heterocycles. The Labute approximate surface area is 71.3 Å². The van der Waals surface area contributed by atoms with Crippen LogP contribution in [-0.2, 0) is 9.47 Å². The van der Waals surface area contributed by atoms with Gasteiger partial charge in [-0.15, -0.1) is 0 Å². The Balaban J connectivity index is 2.52. The Kier molecular flexibility index (Phi) is 3.34. The minimum absolute atomic E-state index is 0.0649. The Hall–Kier alpha value is -0.770. The van der Waals surface area contributed by atoms with Gasteiger partial charge in [0, 0.05) is 12.0 Å². The summed E-state index contributed by atoms with van der Waals surface area (Å²) in [7, 11) is 1.61. The van der Waals surface area contributed by atoms with Crippen molar-refractivity contribution in [2.75, 3.05) is 13.7 Å². The molecule has 5 heteroatoms. The molecule has 1 fully saturated rings. The molecular weight excluding hydrogens is 158 g/mol. The third kappa shape index (κ3) is 2.11. The van der Waals surface area contributed by atoms with E-state index in [4.69, 9.17) is 15.0 Å². The van der Waals surface area contributed by atoms with Crippen LogP contribution < -0.4 is 0 Å². The average Bonchev–Trinajstić information content (AvgIpc) is 2.33. The van der Waals surface area contributed by atoms with Gasteiger partial charge in [-0.05, 0) is 18.9 Å². The first-order valence-electron chi connectivity index (χ1n) is 3.96. The average molecular weight is 171 g/mol. The van der Waals surface area contributed by atoms with Crippen molar-refractivity contribution in [2.24, 2.45) is 5.11 Å². The first-order chi connectivity index (χ1) is 5.77. The van der Waals surface area contributed by atoms with Crippen LogP contribution in [-0.4, -0.2) is 32.0 Å². The molecule has 0 spiro atoms. The second kappa shape index (κ2) is 4.30. The van der Waals surface area contributed by atoms with E-state index in [1.165, 1.54) is 0 Å². The van der Waals surface area contributed by atoms with Gasteiger partial charge in [0.25, 0.3) is 0 Å². The van der Waals surface area contributed by atoms with Gasteiger partial charge in [-0.2, -0.15) is 0 Å². The highest BCUT2D eigenvalue weighted by atomic mass is 16.5. The summed E-state index contributed by atoms with van der Waals surface area (Å²) in [5.74, 6) is 0. The zero-order valence-electron chi connectivity index (χ0n) is 7.30. The van der Waals surface area contributed by atoms with Crippen LogP contribution in [0.1, 0.15) is 13.3 Å². The van der Waals surface area contributed by atoms with Gasteiger partial charge in [0.05, 0.1) is 24.9 Å². The van der Waals surface area contributed by atoms with Gasteiger partial charge in [0.2, 0.25) is 0 Å². The van der Waals surface area contributed by atoms with Crippen LogP contribution in [0.5, 0.6) is 0 Å². The van der Waals surface area contributed by atoms with Crippen LogP contribution in [0, 0.1) is 0 Å². The first-order valence-corrected chi connectivity index (χ1v) is 3.96. The molecule has 0 N–H and O–H groups in total. The minimum atomic E-state index is -0.0686. The van der Waals surface area contributed by atoms with Crippen molar-refractivity contribution in [1.82, 2.24) is 0 Å². The lowest BCUT2D eigenvalue weighted by Crippen LogP contribution is -2.24. The lowest BCUT2D eigenvalue weighted by atomic mass is 10.1. The van der Waals surface area contributed by atoms with Crippen molar-refractivity contribution in [2.45, 2.75) is 31.6 Å². The SMILES string of the molecule is COCC1OC(C)CC1N=[N+]=[N-]. The molecular formula is C7H13N3O2. The Morgan fingerprint density at radius 3 is 3.08 bits per heavy atom. The van der Waals surface area contributed by atoms with Gasteiger partial charge >= 0.3 is 0 Å². The van der Waals surface area contributed by atoms with Gasteiger partial charge in [-0.1, -0.05) is 5.11 Å². The highest BCUT2D eigenvalue weighted by Gasteiger charge is 2.31. The second-order valence-corrected chi connectivity index (χ2v) is 2.95. The molecule has 1 aliphatic rings. The van der Waals surface area contributed by atoms with Gasteiger partial charge in [0.15, 0.2) is 0 Å². The molecule has 68 valence electrons. The standard InChI is InChI=1S/C7H13N3O2/c1-5-3-6(9-10-8)7(12-5)4-11-2/h5-7H,3-4H2,1-2H3. The number of methoxy groups -OCH3 is 1. The van der Waals surface area contributed by atoms with Crippen LogP contribution >= 0.6 is 0 Å². The second-order valence-electron chi connectivity index (χ2n) is 2.95. The maximum absolute atomic E-state index is 8.26. The van der Waals surface area contributed by atoms with Crippen LogP contribution in [0.25, 0.3) is 10.4 Å². The van der Waals surface area contributed by atoms with E-state index in [0.717, 1.165) is 6.42 Å². The van der Waals surface area contributed by atoms with Gasteiger partial charge in [0.1, 0.15) is 0 Å². The predicted molar refractivity (Wildman–Crippen MR) is 43.8 cm³/mol. The Bertz CT molecular complexity index is 191. The van der Waals surface area contributed by atoms with E-state index in [1.54, 1.807) is 7.11 Å². The molecule has 1 saturated heterocycles. The van der Waals surface area contributed by atoms with E-state index in [9.17, 15) is 0 Å². The van der Waals surface area contributed by atoms with Crippen molar-refractivity contribution in [3.05, 3.63) is 10.4 Å². The van der Waals surface area contributed by atoms with Crippen molar-refractivity contribution < 1.29 is 9.47 Å². The summed E-state index contributed by atoms with van der Waals surface area (Å²) >= 11 is 0. The summed E-state index contributed by atoms with van der Waals surface area (Å²) in [6.07, 6.45) is 0.888. The van der Waals surface area contributed by atoms with E-state index in [1.807, 2.05) is 6.92 Å². The fraction of sp³-hybridized carbons (Fsp3) is 1.00. The molecule has 0 aromatic carbocycles. The first kappa shape index (κ1) is 9.32.